The standard InChI is InChI=1S/C18H18ClN3O2S2/c1-11-18(24)22(9-16(23)21(2)3)17(26-11)8-15-20-14(10-25-15)12-4-6-13(19)7-5-12/h4-8,10-11H,9H2,1-3H3/b17-8-/t11-/m1/s1. The van der Waals surface area contributed by atoms with E-state index in [2.05, 4.69) is 4.98 Å². The van der Waals surface area contributed by atoms with Gasteiger partial charge in [0.25, 0.3) is 0 Å². The second kappa shape index (κ2) is 7.82. The molecule has 2 aromatic rings. The van der Waals surface area contributed by atoms with Crippen LogP contribution in [0.1, 0.15) is 11.9 Å². The Bertz CT molecular complexity index is 862. The zero-order valence-corrected chi connectivity index (χ0v) is 17.0. The lowest BCUT2D eigenvalue weighted by atomic mass is 10.2. The molecule has 136 valence electrons. The van der Waals surface area contributed by atoms with Crippen molar-refractivity contribution in [2.75, 3.05) is 20.6 Å². The Morgan fingerprint density at radius 2 is 2.04 bits per heavy atom. The van der Waals surface area contributed by atoms with E-state index in [0.717, 1.165) is 21.3 Å². The molecule has 0 unspecified atom stereocenters. The van der Waals surface area contributed by atoms with E-state index in [0.29, 0.717) is 5.02 Å². The third-order valence-corrected chi connectivity index (χ3v) is 6.06. The van der Waals surface area contributed by atoms with Crippen molar-refractivity contribution in [2.45, 2.75) is 12.2 Å². The molecule has 2 amide bonds. The Morgan fingerprint density at radius 3 is 2.69 bits per heavy atom. The fourth-order valence-corrected chi connectivity index (χ4v) is 4.38. The molecule has 0 aliphatic carbocycles. The average Bonchev–Trinajstić information content (AvgIpc) is 3.16. The zero-order chi connectivity index (χ0) is 18.8. The van der Waals surface area contributed by atoms with Crippen LogP contribution in [0.4, 0.5) is 0 Å². The lowest BCUT2D eigenvalue weighted by molar-refractivity contribution is -0.136. The fourth-order valence-electron chi connectivity index (χ4n) is 2.38. The summed E-state index contributed by atoms with van der Waals surface area (Å²) in [4.78, 5) is 32.1. The average molecular weight is 408 g/mol. The lowest BCUT2D eigenvalue weighted by Crippen LogP contribution is -2.37. The first-order valence-corrected chi connectivity index (χ1v) is 10.1. The number of carbonyl (C=O) groups is 2. The Hall–Kier alpha value is -1.83. The van der Waals surface area contributed by atoms with Gasteiger partial charge in [-0.3, -0.25) is 14.5 Å². The topological polar surface area (TPSA) is 53.5 Å². The SMILES string of the molecule is C[C@H]1S/C(=C\c2nc(-c3ccc(Cl)cc3)cs2)N(CC(=O)N(C)C)C1=O. The van der Waals surface area contributed by atoms with Crippen molar-refractivity contribution in [3.63, 3.8) is 0 Å². The van der Waals surface area contributed by atoms with E-state index in [1.54, 1.807) is 19.0 Å². The van der Waals surface area contributed by atoms with E-state index in [1.807, 2.05) is 42.6 Å². The number of nitrogens with zero attached hydrogens (tertiary/aromatic N) is 3. The van der Waals surface area contributed by atoms with Crippen molar-refractivity contribution in [3.05, 3.63) is 44.7 Å². The number of thioether (sulfide) groups is 1. The van der Waals surface area contributed by atoms with Gasteiger partial charge in [0, 0.05) is 36.1 Å². The maximum absolute atomic E-state index is 12.4. The Morgan fingerprint density at radius 1 is 1.35 bits per heavy atom. The highest BCUT2D eigenvalue weighted by Gasteiger charge is 2.35. The van der Waals surface area contributed by atoms with Crippen LogP contribution in [0.15, 0.2) is 34.7 Å². The van der Waals surface area contributed by atoms with Crippen molar-refractivity contribution < 1.29 is 9.59 Å². The molecule has 26 heavy (non-hydrogen) atoms. The first-order chi connectivity index (χ1) is 12.3. The molecule has 0 bridgehead atoms. The fraction of sp³-hybridized carbons (Fsp3) is 0.278. The minimum atomic E-state index is -0.202. The molecule has 0 spiro atoms. The summed E-state index contributed by atoms with van der Waals surface area (Å²) in [6.07, 6.45) is 1.87. The highest BCUT2D eigenvalue weighted by molar-refractivity contribution is 8.04. The highest BCUT2D eigenvalue weighted by atomic mass is 35.5. The Kier molecular flexibility index (Phi) is 5.70. The van der Waals surface area contributed by atoms with Crippen LogP contribution >= 0.6 is 34.7 Å². The van der Waals surface area contributed by atoms with Crippen molar-refractivity contribution in [2.24, 2.45) is 0 Å². The number of amides is 2. The monoisotopic (exact) mass is 407 g/mol. The molecule has 0 radical (unpaired) electrons. The van der Waals surface area contributed by atoms with Crippen molar-refractivity contribution in [3.8, 4) is 11.3 Å². The molecule has 1 aromatic carbocycles. The van der Waals surface area contributed by atoms with Crippen LogP contribution in [0, 0.1) is 0 Å². The lowest BCUT2D eigenvalue weighted by Gasteiger charge is -2.19. The third-order valence-electron chi connectivity index (χ3n) is 3.88. The van der Waals surface area contributed by atoms with Gasteiger partial charge in [0.15, 0.2) is 0 Å². The van der Waals surface area contributed by atoms with E-state index in [-0.39, 0.29) is 23.6 Å². The summed E-state index contributed by atoms with van der Waals surface area (Å²) in [5, 5.41) is 4.00. The van der Waals surface area contributed by atoms with Gasteiger partial charge in [0.1, 0.15) is 11.6 Å². The predicted octanol–water partition coefficient (Wildman–Crippen LogP) is 3.81. The largest absolute Gasteiger partial charge is 0.347 e. The molecule has 8 heteroatoms. The molecule has 5 nitrogen and oxygen atoms in total. The van der Waals surface area contributed by atoms with E-state index >= 15 is 0 Å². The molecule has 0 N–H and O–H groups in total. The van der Waals surface area contributed by atoms with Crippen LogP contribution in [0.25, 0.3) is 17.3 Å². The van der Waals surface area contributed by atoms with Crippen LogP contribution in [-0.4, -0.2) is 52.5 Å². The molecule has 1 aliphatic heterocycles. The summed E-state index contributed by atoms with van der Waals surface area (Å²) in [7, 11) is 3.37. The molecule has 2 heterocycles. The first-order valence-electron chi connectivity index (χ1n) is 7.96. The van der Waals surface area contributed by atoms with Gasteiger partial charge < -0.3 is 4.90 Å². The molecule has 3 rings (SSSR count). The number of aromatic nitrogens is 1. The summed E-state index contributed by atoms with van der Waals surface area (Å²) in [5.74, 6) is -0.161. The van der Waals surface area contributed by atoms with Gasteiger partial charge in [-0.05, 0) is 19.1 Å². The summed E-state index contributed by atoms with van der Waals surface area (Å²) < 4.78 is 0. The van der Waals surface area contributed by atoms with Crippen molar-refractivity contribution in [1.29, 1.82) is 0 Å². The van der Waals surface area contributed by atoms with E-state index in [4.69, 9.17) is 11.6 Å². The summed E-state index contributed by atoms with van der Waals surface area (Å²) >= 11 is 8.88. The number of hydrogen-bond donors (Lipinski definition) is 0. The summed E-state index contributed by atoms with van der Waals surface area (Å²) in [6, 6.07) is 7.50. The smallest absolute Gasteiger partial charge is 0.242 e. The molecule has 1 aromatic heterocycles. The summed E-state index contributed by atoms with van der Waals surface area (Å²) in [5.41, 5.74) is 1.84. The number of carbonyl (C=O) groups excluding carboxylic acids is 2. The molecule has 1 saturated heterocycles. The number of likely N-dealkylation sites (N-methyl/N-ethyl adjacent to an activating group) is 1. The van der Waals surface area contributed by atoms with Crippen LogP contribution in [0.5, 0.6) is 0 Å². The molecule has 1 aliphatic rings. The molecular weight excluding hydrogens is 390 g/mol. The van der Waals surface area contributed by atoms with Gasteiger partial charge >= 0.3 is 0 Å². The second-order valence-electron chi connectivity index (χ2n) is 6.03. The third kappa shape index (κ3) is 4.11. The summed E-state index contributed by atoms with van der Waals surface area (Å²) in [6.45, 7) is 1.90. The van der Waals surface area contributed by atoms with Crippen molar-refractivity contribution in [1.82, 2.24) is 14.8 Å². The maximum atomic E-state index is 12.4. The number of halogens is 1. The van der Waals surface area contributed by atoms with Gasteiger partial charge in [-0.25, -0.2) is 4.98 Å². The second-order valence-corrected chi connectivity index (χ2v) is 8.72. The first kappa shape index (κ1) is 18.9. The maximum Gasteiger partial charge on any atom is 0.242 e. The van der Waals surface area contributed by atoms with Crippen LogP contribution in [0.2, 0.25) is 5.02 Å². The molecule has 1 fully saturated rings. The zero-order valence-electron chi connectivity index (χ0n) is 14.6. The normalized spacial score (nSPS) is 18.6. The van der Waals surface area contributed by atoms with Crippen LogP contribution in [0.3, 0.4) is 0 Å². The van der Waals surface area contributed by atoms with Crippen molar-refractivity contribution >= 4 is 52.6 Å². The number of thiazole rings is 1. The van der Waals surface area contributed by atoms with E-state index in [9.17, 15) is 9.59 Å². The molecule has 0 saturated carbocycles. The minimum absolute atomic E-state index is 0.0461. The Labute approximate surface area is 165 Å². The quantitative estimate of drug-likeness (QED) is 0.773. The van der Waals surface area contributed by atoms with Crippen LogP contribution < -0.4 is 0 Å². The van der Waals surface area contributed by atoms with Gasteiger partial charge in [-0.15, -0.1) is 11.3 Å². The van der Waals surface area contributed by atoms with Gasteiger partial charge in [-0.1, -0.05) is 35.5 Å². The number of hydrogen-bond acceptors (Lipinski definition) is 5. The number of benzene rings is 1. The van der Waals surface area contributed by atoms with Gasteiger partial charge in [0.05, 0.1) is 16.0 Å². The molecule has 1 atom stereocenters. The number of rotatable bonds is 4. The highest BCUT2D eigenvalue weighted by Crippen LogP contribution is 2.37. The van der Waals surface area contributed by atoms with Crippen LogP contribution in [-0.2, 0) is 9.59 Å². The minimum Gasteiger partial charge on any atom is -0.347 e. The van der Waals surface area contributed by atoms with Gasteiger partial charge in [-0.2, -0.15) is 0 Å². The Balaban J connectivity index is 1.84. The van der Waals surface area contributed by atoms with E-state index < -0.39 is 0 Å². The van der Waals surface area contributed by atoms with Gasteiger partial charge in [0.2, 0.25) is 11.8 Å². The molecular formula is C18H18ClN3O2S2. The van der Waals surface area contributed by atoms with E-state index in [1.165, 1.54) is 28.0 Å². The predicted molar refractivity (Wildman–Crippen MR) is 108 cm³/mol.